The van der Waals surface area contributed by atoms with Gasteiger partial charge in [0.2, 0.25) is 0 Å². The van der Waals surface area contributed by atoms with Crippen LogP contribution >= 0.6 is 0 Å². The maximum atomic E-state index is 5.89. The zero-order chi connectivity index (χ0) is 10.3. The largest absolute Gasteiger partial charge is 0.492 e. The third kappa shape index (κ3) is 1.45. The molecular formula is C13H15NO. The van der Waals surface area contributed by atoms with Crippen molar-refractivity contribution in [3.8, 4) is 5.75 Å². The molecular weight excluding hydrogens is 186 g/mol. The molecule has 1 aliphatic carbocycles. The van der Waals surface area contributed by atoms with Crippen LogP contribution in [0.1, 0.15) is 24.0 Å². The van der Waals surface area contributed by atoms with Crippen molar-refractivity contribution in [2.45, 2.75) is 25.3 Å². The Morgan fingerprint density at radius 2 is 2.20 bits per heavy atom. The molecule has 15 heavy (non-hydrogen) atoms. The molecule has 0 fully saturated rings. The number of fused-ring (bicyclic) bond motifs is 1. The Bertz CT molecular complexity index is 423. The van der Waals surface area contributed by atoms with Crippen molar-refractivity contribution >= 4 is 5.57 Å². The average Bonchev–Trinajstić information content (AvgIpc) is 2.84. The Morgan fingerprint density at radius 1 is 1.27 bits per heavy atom. The molecule has 2 N–H and O–H groups in total. The summed E-state index contributed by atoms with van der Waals surface area (Å²) in [5.41, 5.74) is 9.86. The summed E-state index contributed by atoms with van der Waals surface area (Å²) in [4.78, 5) is 0. The number of ether oxygens (including phenoxy) is 1. The second kappa shape index (κ2) is 3.38. The summed E-state index contributed by atoms with van der Waals surface area (Å²) in [6.07, 6.45) is 5.37. The van der Waals surface area contributed by atoms with Crippen molar-refractivity contribution in [3.63, 3.8) is 0 Å². The Morgan fingerprint density at radius 3 is 3.00 bits per heavy atom. The van der Waals surface area contributed by atoms with Crippen LogP contribution in [0.15, 0.2) is 24.3 Å². The number of hydrogen-bond acceptors (Lipinski definition) is 2. The van der Waals surface area contributed by atoms with Crippen LogP contribution in [0.5, 0.6) is 5.75 Å². The van der Waals surface area contributed by atoms with Crippen LogP contribution in [0.2, 0.25) is 0 Å². The highest BCUT2D eigenvalue weighted by molar-refractivity contribution is 5.74. The molecule has 0 aromatic heterocycles. The van der Waals surface area contributed by atoms with Gasteiger partial charge in [-0.3, -0.25) is 0 Å². The fraction of sp³-hybridized carbons (Fsp3) is 0.385. The van der Waals surface area contributed by atoms with Gasteiger partial charge in [0.15, 0.2) is 0 Å². The van der Waals surface area contributed by atoms with Gasteiger partial charge in [-0.2, -0.15) is 0 Å². The van der Waals surface area contributed by atoms with Crippen LogP contribution in [0.4, 0.5) is 0 Å². The summed E-state index contributed by atoms with van der Waals surface area (Å²) in [7, 11) is 0. The molecule has 1 aromatic carbocycles. The van der Waals surface area contributed by atoms with E-state index in [1.54, 1.807) is 0 Å². The van der Waals surface area contributed by atoms with Gasteiger partial charge in [-0.1, -0.05) is 24.3 Å². The van der Waals surface area contributed by atoms with Crippen LogP contribution in [0, 0.1) is 0 Å². The van der Waals surface area contributed by atoms with Gasteiger partial charge in [0.1, 0.15) is 5.75 Å². The summed E-state index contributed by atoms with van der Waals surface area (Å²) < 4.78 is 5.70. The van der Waals surface area contributed by atoms with Gasteiger partial charge in [-0.25, -0.2) is 0 Å². The molecule has 3 rings (SSSR count). The lowest BCUT2D eigenvalue weighted by Crippen LogP contribution is -2.11. The summed E-state index contributed by atoms with van der Waals surface area (Å²) in [6.45, 7) is 0.825. The van der Waals surface area contributed by atoms with Gasteiger partial charge in [-0.15, -0.1) is 0 Å². The Kier molecular flexibility index (Phi) is 2.03. The summed E-state index contributed by atoms with van der Waals surface area (Å²) >= 11 is 0. The van der Waals surface area contributed by atoms with Gasteiger partial charge in [0, 0.05) is 18.0 Å². The summed E-state index contributed by atoms with van der Waals surface area (Å²) in [5, 5.41) is 0. The van der Waals surface area contributed by atoms with Crippen molar-refractivity contribution in [2.75, 3.05) is 6.61 Å². The zero-order valence-corrected chi connectivity index (χ0v) is 8.70. The van der Waals surface area contributed by atoms with Gasteiger partial charge < -0.3 is 10.5 Å². The highest BCUT2D eigenvalue weighted by atomic mass is 16.5. The molecule has 0 amide bonds. The molecule has 1 aromatic rings. The molecule has 1 atom stereocenters. The van der Waals surface area contributed by atoms with Crippen molar-refractivity contribution in [1.29, 1.82) is 0 Å². The first kappa shape index (κ1) is 8.98. The van der Waals surface area contributed by atoms with Crippen LogP contribution in [0.3, 0.4) is 0 Å². The third-order valence-corrected chi connectivity index (χ3v) is 3.22. The lowest BCUT2D eigenvalue weighted by Gasteiger charge is -2.08. The van der Waals surface area contributed by atoms with E-state index >= 15 is 0 Å². The molecule has 0 saturated heterocycles. The van der Waals surface area contributed by atoms with E-state index in [4.69, 9.17) is 10.5 Å². The molecule has 1 heterocycles. The van der Waals surface area contributed by atoms with Crippen LogP contribution in [0.25, 0.3) is 5.57 Å². The van der Waals surface area contributed by atoms with Crippen LogP contribution < -0.4 is 10.5 Å². The molecule has 0 radical (unpaired) electrons. The van der Waals surface area contributed by atoms with Crippen molar-refractivity contribution in [3.05, 3.63) is 35.4 Å². The van der Waals surface area contributed by atoms with E-state index in [-0.39, 0.29) is 6.04 Å². The lowest BCUT2D eigenvalue weighted by molar-refractivity contribution is 0.356. The Labute approximate surface area is 89.7 Å². The monoisotopic (exact) mass is 201 g/mol. The standard InChI is InChI=1S/C13H15NO/c14-11-5-4-10(8-11)12-3-1-2-9-6-7-15-13(9)12/h1-3,8,11H,4-7,14H2. The molecule has 2 aliphatic rings. The maximum Gasteiger partial charge on any atom is 0.130 e. The quantitative estimate of drug-likeness (QED) is 0.755. The molecule has 1 aliphatic heterocycles. The Balaban J connectivity index is 2.06. The normalized spacial score (nSPS) is 23.5. The zero-order valence-electron chi connectivity index (χ0n) is 8.70. The molecule has 78 valence electrons. The van der Waals surface area contributed by atoms with Crippen molar-refractivity contribution in [1.82, 2.24) is 0 Å². The number of hydrogen-bond donors (Lipinski definition) is 1. The maximum absolute atomic E-state index is 5.89. The fourth-order valence-electron chi connectivity index (χ4n) is 2.44. The number of nitrogens with two attached hydrogens (primary N) is 1. The van der Waals surface area contributed by atoms with Crippen LogP contribution in [-0.2, 0) is 6.42 Å². The molecule has 0 bridgehead atoms. The minimum atomic E-state index is 0.234. The van der Waals surface area contributed by atoms with E-state index in [9.17, 15) is 0 Å². The molecule has 1 unspecified atom stereocenters. The lowest BCUT2D eigenvalue weighted by atomic mass is 10.0. The summed E-state index contributed by atoms with van der Waals surface area (Å²) in [6, 6.07) is 6.65. The minimum absolute atomic E-state index is 0.234. The molecule has 2 heteroatoms. The average molecular weight is 201 g/mol. The van der Waals surface area contributed by atoms with E-state index in [1.807, 2.05) is 0 Å². The highest BCUT2D eigenvalue weighted by Gasteiger charge is 2.21. The second-order valence-corrected chi connectivity index (χ2v) is 4.29. The first-order chi connectivity index (χ1) is 7.34. The van der Waals surface area contributed by atoms with Crippen LogP contribution in [-0.4, -0.2) is 12.6 Å². The number of para-hydroxylation sites is 1. The molecule has 2 nitrogen and oxygen atoms in total. The van der Waals surface area contributed by atoms with Gasteiger partial charge >= 0.3 is 0 Å². The van der Waals surface area contributed by atoms with Crippen molar-refractivity contribution < 1.29 is 4.74 Å². The number of allylic oxidation sites excluding steroid dienone is 1. The predicted octanol–water partition coefficient (Wildman–Crippen LogP) is 2.13. The van der Waals surface area contributed by atoms with Gasteiger partial charge in [-0.05, 0) is 24.0 Å². The summed E-state index contributed by atoms with van der Waals surface area (Å²) in [5.74, 6) is 1.10. The van der Waals surface area contributed by atoms with Gasteiger partial charge in [0.05, 0.1) is 6.61 Å². The van der Waals surface area contributed by atoms with Crippen molar-refractivity contribution in [2.24, 2.45) is 5.73 Å². The van der Waals surface area contributed by atoms with E-state index in [0.717, 1.165) is 31.6 Å². The smallest absolute Gasteiger partial charge is 0.130 e. The SMILES string of the molecule is NC1C=C(c2cccc3c2OCC3)CC1. The predicted molar refractivity (Wildman–Crippen MR) is 60.8 cm³/mol. The first-order valence-electron chi connectivity index (χ1n) is 5.56. The molecule has 0 saturated carbocycles. The third-order valence-electron chi connectivity index (χ3n) is 3.22. The van der Waals surface area contributed by atoms with E-state index < -0.39 is 0 Å². The second-order valence-electron chi connectivity index (χ2n) is 4.29. The number of benzene rings is 1. The minimum Gasteiger partial charge on any atom is -0.492 e. The first-order valence-corrected chi connectivity index (χ1v) is 5.56. The molecule has 0 spiro atoms. The Hall–Kier alpha value is -1.28. The fourth-order valence-corrected chi connectivity index (χ4v) is 2.44. The van der Waals surface area contributed by atoms with E-state index in [0.29, 0.717) is 0 Å². The highest BCUT2D eigenvalue weighted by Crippen LogP contribution is 2.37. The topological polar surface area (TPSA) is 35.2 Å². The number of rotatable bonds is 1. The van der Waals surface area contributed by atoms with E-state index in [1.165, 1.54) is 16.7 Å². The van der Waals surface area contributed by atoms with Gasteiger partial charge in [0.25, 0.3) is 0 Å². The van der Waals surface area contributed by atoms with E-state index in [2.05, 4.69) is 24.3 Å².